The van der Waals surface area contributed by atoms with Gasteiger partial charge in [0, 0.05) is 28.3 Å². The van der Waals surface area contributed by atoms with Crippen LogP contribution in [-0.2, 0) is 4.79 Å². The second-order valence-corrected chi connectivity index (χ2v) is 9.37. The fraction of sp³-hybridized carbons (Fsp3) is 0.158. The van der Waals surface area contributed by atoms with Crippen LogP contribution in [0.5, 0.6) is 0 Å². The van der Waals surface area contributed by atoms with Gasteiger partial charge in [-0.2, -0.15) is 0 Å². The Kier molecular flexibility index (Phi) is 6.82. The van der Waals surface area contributed by atoms with E-state index in [-0.39, 0.29) is 16.9 Å². The number of ketones is 1. The second-order valence-electron chi connectivity index (χ2n) is 5.89. The van der Waals surface area contributed by atoms with Crippen LogP contribution in [0.4, 0.5) is 16.5 Å². The molecule has 6 nitrogen and oxygen atoms in total. The van der Waals surface area contributed by atoms with Crippen molar-refractivity contribution in [2.45, 2.75) is 23.4 Å². The number of hydrogen-bond acceptors (Lipinski definition) is 7. The van der Waals surface area contributed by atoms with Gasteiger partial charge >= 0.3 is 0 Å². The predicted molar refractivity (Wildman–Crippen MR) is 118 cm³/mol. The van der Waals surface area contributed by atoms with Gasteiger partial charge in [0.25, 0.3) is 0 Å². The van der Waals surface area contributed by atoms with Crippen LogP contribution in [0.15, 0.2) is 57.3 Å². The van der Waals surface area contributed by atoms with Crippen LogP contribution in [-0.4, -0.2) is 27.1 Å². The molecule has 3 aromatic rings. The van der Waals surface area contributed by atoms with Crippen LogP contribution in [0.1, 0.15) is 24.2 Å². The highest BCUT2D eigenvalue weighted by Gasteiger charge is 2.19. The van der Waals surface area contributed by atoms with Crippen molar-refractivity contribution in [3.8, 4) is 0 Å². The maximum atomic E-state index is 12.6. The van der Waals surface area contributed by atoms with Crippen LogP contribution in [0.25, 0.3) is 0 Å². The lowest BCUT2D eigenvalue weighted by Gasteiger charge is -2.09. The first-order valence-corrected chi connectivity index (χ1v) is 10.8. The molecular formula is C19H17BrN4O2S2. The third kappa shape index (κ3) is 5.63. The van der Waals surface area contributed by atoms with Crippen molar-refractivity contribution in [2.75, 3.05) is 10.6 Å². The zero-order valence-corrected chi connectivity index (χ0v) is 18.3. The molecule has 1 unspecified atom stereocenters. The van der Waals surface area contributed by atoms with Crippen molar-refractivity contribution in [1.29, 1.82) is 0 Å². The predicted octanol–water partition coefficient (Wildman–Crippen LogP) is 5.37. The molecule has 1 aromatic heterocycles. The first kappa shape index (κ1) is 20.5. The molecule has 0 aliphatic carbocycles. The van der Waals surface area contributed by atoms with Crippen molar-refractivity contribution in [2.24, 2.45) is 0 Å². The Morgan fingerprint density at radius 1 is 1.11 bits per heavy atom. The van der Waals surface area contributed by atoms with E-state index in [1.54, 1.807) is 24.3 Å². The van der Waals surface area contributed by atoms with E-state index in [1.807, 2.05) is 31.2 Å². The van der Waals surface area contributed by atoms with E-state index in [1.165, 1.54) is 30.0 Å². The molecule has 0 aliphatic rings. The summed E-state index contributed by atoms with van der Waals surface area (Å²) in [4.78, 5) is 23.7. The van der Waals surface area contributed by atoms with Gasteiger partial charge in [-0.15, -0.1) is 10.2 Å². The summed E-state index contributed by atoms with van der Waals surface area (Å²) in [6, 6.07) is 14.6. The van der Waals surface area contributed by atoms with E-state index in [9.17, 15) is 9.59 Å². The Morgan fingerprint density at radius 3 is 2.54 bits per heavy atom. The summed E-state index contributed by atoms with van der Waals surface area (Å²) in [5, 5.41) is 14.5. The summed E-state index contributed by atoms with van der Waals surface area (Å²) in [6.07, 6.45) is 0. The fourth-order valence-corrected chi connectivity index (χ4v) is 4.75. The summed E-state index contributed by atoms with van der Waals surface area (Å²) in [5.41, 5.74) is 2.16. The number of aromatic nitrogens is 2. The molecule has 9 heteroatoms. The van der Waals surface area contributed by atoms with Crippen molar-refractivity contribution in [3.05, 3.63) is 58.6 Å². The SMILES string of the molecule is CC(=O)Nc1ccc(C(=O)C(C)Sc2nnc(Nc3cccc(Br)c3)s2)cc1. The number of anilines is 3. The molecule has 3 rings (SSSR count). The van der Waals surface area contributed by atoms with E-state index in [4.69, 9.17) is 0 Å². The van der Waals surface area contributed by atoms with E-state index >= 15 is 0 Å². The lowest BCUT2D eigenvalue weighted by atomic mass is 10.1. The molecule has 0 aliphatic heterocycles. The van der Waals surface area contributed by atoms with Gasteiger partial charge in [0.1, 0.15) is 0 Å². The smallest absolute Gasteiger partial charge is 0.221 e. The van der Waals surface area contributed by atoms with Gasteiger partial charge in [-0.25, -0.2) is 0 Å². The van der Waals surface area contributed by atoms with E-state index in [0.717, 1.165) is 10.2 Å². The number of Topliss-reactive ketones (excluding diaryl/α,β-unsaturated/α-hetero) is 1. The third-order valence-electron chi connectivity index (χ3n) is 3.62. The van der Waals surface area contributed by atoms with Gasteiger partial charge in [0.05, 0.1) is 5.25 Å². The van der Waals surface area contributed by atoms with Crippen molar-refractivity contribution in [3.63, 3.8) is 0 Å². The monoisotopic (exact) mass is 476 g/mol. The minimum Gasteiger partial charge on any atom is -0.330 e. The Labute approximate surface area is 179 Å². The van der Waals surface area contributed by atoms with Gasteiger partial charge in [-0.3, -0.25) is 9.59 Å². The Bertz CT molecular complexity index is 992. The molecule has 1 amide bonds. The average molecular weight is 477 g/mol. The highest BCUT2D eigenvalue weighted by Crippen LogP contribution is 2.32. The second kappa shape index (κ2) is 9.31. The van der Waals surface area contributed by atoms with Crippen LogP contribution < -0.4 is 10.6 Å². The molecule has 0 radical (unpaired) electrons. The molecule has 0 spiro atoms. The number of hydrogen-bond donors (Lipinski definition) is 2. The molecule has 1 atom stereocenters. The van der Waals surface area contributed by atoms with Gasteiger partial charge in [0.2, 0.25) is 11.0 Å². The van der Waals surface area contributed by atoms with E-state index in [2.05, 4.69) is 36.8 Å². The molecule has 28 heavy (non-hydrogen) atoms. The Morgan fingerprint density at radius 2 is 1.86 bits per heavy atom. The zero-order valence-electron chi connectivity index (χ0n) is 15.1. The number of thioether (sulfide) groups is 1. The molecule has 2 aromatic carbocycles. The topological polar surface area (TPSA) is 84.0 Å². The van der Waals surface area contributed by atoms with E-state index < -0.39 is 0 Å². The van der Waals surface area contributed by atoms with Crippen molar-refractivity contribution in [1.82, 2.24) is 10.2 Å². The first-order valence-electron chi connectivity index (χ1n) is 8.35. The molecular weight excluding hydrogens is 460 g/mol. The van der Waals surface area contributed by atoms with Crippen molar-refractivity contribution < 1.29 is 9.59 Å². The van der Waals surface area contributed by atoms with Crippen LogP contribution in [0.3, 0.4) is 0 Å². The lowest BCUT2D eigenvalue weighted by molar-refractivity contribution is -0.114. The maximum absolute atomic E-state index is 12.6. The largest absolute Gasteiger partial charge is 0.330 e. The number of carbonyl (C=O) groups is 2. The standard InChI is InChI=1S/C19H17BrN4O2S2/c1-11(17(26)13-6-8-15(9-7-13)21-12(2)25)27-19-24-23-18(28-19)22-16-5-3-4-14(20)10-16/h3-11H,1-2H3,(H,21,25)(H,22,23). The molecule has 0 fully saturated rings. The highest BCUT2D eigenvalue weighted by atomic mass is 79.9. The van der Waals surface area contributed by atoms with E-state index in [0.29, 0.717) is 20.7 Å². The molecule has 0 bridgehead atoms. The molecule has 1 heterocycles. The van der Waals surface area contributed by atoms with Crippen LogP contribution in [0, 0.1) is 0 Å². The number of rotatable bonds is 7. The molecule has 0 saturated heterocycles. The van der Waals surface area contributed by atoms with Crippen LogP contribution in [0.2, 0.25) is 0 Å². The molecule has 2 N–H and O–H groups in total. The average Bonchev–Trinajstić information content (AvgIpc) is 3.08. The molecule has 0 saturated carbocycles. The van der Waals surface area contributed by atoms with Gasteiger partial charge in [0.15, 0.2) is 10.1 Å². The molecule has 144 valence electrons. The number of nitrogens with zero attached hydrogens (tertiary/aromatic N) is 2. The number of halogens is 1. The minimum absolute atomic E-state index is 0.00364. The normalized spacial score (nSPS) is 11.7. The van der Waals surface area contributed by atoms with Gasteiger partial charge < -0.3 is 10.6 Å². The van der Waals surface area contributed by atoms with Crippen molar-refractivity contribution >= 4 is 67.2 Å². The fourth-order valence-electron chi connectivity index (χ4n) is 2.36. The summed E-state index contributed by atoms with van der Waals surface area (Å²) in [6.45, 7) is 3.29. The maximum Gasteiger partial charge on any atom is 0.221 e. The number of benzene rings is 2. The lowest BCUT2D eigenvalue weighted by Crippen LogP contribution is -2.13. The third-order valence-corrected chi connectivity index (χ3v) is 6.14. The van der Waals surface area contributed by atoms with Gasteiger partial charge in [-0.1, -0.05) is 45.1 Å². The number of amides is 1. The number of carbonyl (C=O) groups excluding carboxylic acids is 2. The Hall–Kier alpha value is -2.23. The summed E-state index contributed by atoms with van der Waals surface area (Å²) in [5.74, 6) is -0.150. The first-order chi connectivity index (χ1) is 13.4. The zero-order chi connectivity index (χ0) is 20.1. The van der Waals surface area contributed by atoms with Gasteiger partial charge in [-0.05, 0) is 49.4 Å². The Balaban J connectivity index is 1.61. The highest BCUT2D eigenvalue weighted by molar-refractivity contribution is 9.10. The summed E-state index contributed by atoms with van der Waals surface area (Å²) < 4.78 is 1.69. The summed E-state index contributed by atoms with van der Waals surface area (Å²) in [7, 11) is 0. The quantitative estimate of drug-likeness (QED) is 0.352. The number of nitrogens with one attached hydrogen (secondary N) is 2. The minimum atomic E-state index is -0.307. The summed E-state index contributed by atoms with van der Waals surface area (Å²) >= 11 is 6.20. The van der Waals surface area contributed by atoms with Crippen LogP contribution >= 0.6 is 39.0 Å².